The molecule has 4 rings (SSSR count). The van der Waals surface area contributed by atoms with E-state index in [0.717, 1.165) is 15.4 Å². The van der Waals surface area contributed by atoms with Gasteiger partial charge in [-0.1, -0.05) is 66.2 Å². The summed E-state index contributed by atoms with van der Waals surface area (Å²) in [5.41, 5.74) is 2.48. The maximum absolute atomic E-state index is 14.2. The Hall–Kier alpha value is -4.21. The van der Waals surface area contributed by atoms with Crippen molar-refractivity contribution in [3.63, 3.8) is 0 Å². The van der Waals surface area contributed by atoms with Crippen LogP contribution in [0.1, 0.15) is 16.7 Å². The Morgan fingerprint density at radius 2 is 1.55 bits per heavy atom. The van der Waals surface area contributed by atoms with Crippen LogP contribution >= 0.6 is 11.6 Å². The molecular weight excluding hydrogens is 577 g/mol. The quantitative estimate of drug-likeness (QED) is 0.248. The van der Waals surface area contributed by atoms with Crippen LogP contribution in [-0.4, -0.2) is 44.8 Å². The molecule has 2 amide bonds. The summed E-state index contributed by atoms with van der Waals surface area (Å²) >= 11 is 6.01. The van der Waals surface area contributed by atoms with E-state index in [2.05, 4.69) is 5.32 Å². The van der Waals surface area contributed by atoms with Crippen molar-refractivity contribution in [3.05, 3.63) is 131 Å². The predicted octanol–water partition coefficient (Wildman–Crippen LogP) is 5.37. The third-order valence-electron chi connectivity index (χ3n) is 6.75. The van der Waals surface area contributed by atoms with Gasteiger partial charge in [0.15, 0.2) is 0 Å². The van der Waals surface area contributed by atoms with Crippen LogP contribution in [0.2, 0.25) is 5.02 Å². The van der Waals surface area contributed by atoms with E-state index in [-0.39, 0.29) is 17.9 Å². The van der Waals surface area contributed by atoms with E-state index in [4.69, 9.17) is 11.6 Å². The smallest absolute Gasteiger partial charge is 0.264 e. The summed E-state index contributed by atoms with van der Waals surface area (Å²) < 4.78 is 42.6. The molecule has 0 heterocycles. The SMILES string of the molecule is CNC(=O)[C@@H](Cc1ccccc1)N(Cc1ccc(F)cc1)C(=O)CN(c1cccc(C)c1)S(=O)(=O)c1ccc(Cl)cc1. The van der Waals surface area contributed by atoms with Gasteiger partial charge in [0.05, 0.1) is 10.6 Å². The topological polar surface area (TPSA) is 86.8 Å². The summed E-state index contributed by atoms with van der Waals surface area (Å²) in [6, 6.07) is 26.3. The molecule has 0 aromatic heterocycles. The molecule has 42 heavy (non-hydrogen) atoms. The van der Waals surface area contributed by atoms with Gasteiger partial charge in [0.25, 0.3) is 10.0 Å². The lowest BCUT2D eigenvalue weighted by Crippen LogP contribution is -2.53. The second-order valence-corrected chi connectivity index (χ2v) is 12.1. The summed E-state index contributed by atoms with van der Waals surface area (Å²) in [6.45, 7) is 1.19. The number of nitrogens with zero attached hydrogens (tertiary/aromatic N) is 2. The highest BCUT2D eigenvalue weighted by Gasteiger charge is 2.34. The molecule has 218 valence electrons. The molecule has 0 aliphatic heterocycles. The van der Waals surface area contributed by atoms with Gasteiger partial charge in [-0.3, -0.25) is 13.9 Å². The Morgan fingerprint density at radius 3 is 2.17 bits per heavy atom. The fraction of sp³-hybridized carbons (Fsp3) is 0.188. The molecule has 0 aliphatic carbocycles. The van der Waals surface area contributed by atoms with Crippen molar-refractivity contribution >= 4 is 39.1 Å². The number of carbonyl (C=O) groups is 2. The minimum Gasteiger partial charge on any atom is -0.357 e. The van der Waals surface area contributed by atoms with Crippen LogP contribution in [0.5, 0.6) is 0 Å². The molecule has 0 unspecified atom stereocenters. The van der Waals surface area contributed by atoms with Crippen molar-refractivity contribution in [3.8, 4) is 0 Å². The minimum absolute atomic E-state index is 0.0431. The van der Waals surface area contributed by atoms with Crippen LogP contribution in [0.4, 0.5) is 10.1 Å². The summed E-state index contributed by atoms with van der Waals surface area (Å²) in [5, 5.41) is 3.00. The van der Waals surface area contributed by atoms with E-state index in [0.29, 0.717) is 16.3 Å². The number of anilines is 1. The number of hydrogen-bond donors (Lipinski definition) is 1. The molecule has 10 heteroatoms. The van der Waals surface area contributed by atoms with Crippen molar-refractivity contribution < 1.29 is 22.4 Å². The molecule has 0 saturated carbocycles. The predicted molar refractivity (Wildman–Crippen MR) is 162 cm³/mol. The average Bonchev–Trinajstić information content (AvgIpc) is 2.98. The van der Waals surface area contributed by atoms with Crippen LogP contribution in [0.3, 0.4) is 0 Å². The number of likely N-dealkylation sites (N-methyl/N-ethyl adjacent to an activating group) is 1. The fourth-order valence-corrected chi connectivity index (χ4v) is 6.08. The molecule has 0 fully saturated rings. The van der Waals surface area contributed by atoms with Crippen LogP contribution in [-0.2, 0) is 32.6 Å². The first-order chi connectivity index (χ1) is 20.1. The van der Waals surface area contributed by atoms with Gasteiger partial charge in [-0.15, -0.1) is 0 Å². The molecule has 1 atom stereocenters. The second-order valence-electron chi connectivity index (χ2n) is 9.77. The lowest BCUT2D eigenvalue weighted by atomic mass is 10.0. The zero-order valence-electron chi connectivity index (χ0n) is 23.2. The second kappa shape index (κ2) is 13.6. The third kappa shape index (κ3) is 7.54. The monoisotopic (exact) mass is 607 g/mol. The van der Waals surface area contributed by atoms with Gasteiger partial charge in [-0.2, -0.15) is 0 Å². The van der Waals surface area contributed by atoms with Crippen LogP contribution in [0, 0.1) is 12.7 Å². The first kappa shape index (κ1) is 30.7. The van der Waals surface area contributed by atoms with Crippen LogP contribution in [0.25, 0.3) is 0 Å². The zero-order chi connectivity index (χ0) is 30.3. The maximum Gasteiger partial charge on any atom is 0.264 e. The molecule has 0 aliphatic rings. The Labute approximate surface area is 250 Å². The Morgan fingerprint density at radius 1 is 0.881 bits per heavy atom. The molecule has 7 nitrogen and oxygen atoms in total. The Balaban J connectivity index is 1.78. The Bertz CT molecular complexity index is 1630. The molecule has 0 saturated heterocycles. The highest BCUT2D eigenvalue weighted by Crippen LogP contribution is 2.26. The number of amides is 2. The van der Waals surface area contributed by atoms with Crippen molar-refractivity contribution in [2.75, 3.05) is 17.9 Å². The number of sulfonamides is 1. The van der Waals surface area contributed by atoms with E-state index in [1.54, 1.807) is 18.2 Å². The first-order valence-electron chi connectivity index (χ1n) is 13.2. The molecule has 0 radical (unpaired) electrons. The van der Waals surface area contributed by atoms with E-state index < -0.39 is 40.2 Å². The van der Waals surface area contributed by atoms with Crippen molar-refractivity contribution in [2.24, 2.45) is 0 Å². The van der Waals surface area contributed by atoms with Gasteiger partial charge >= 0.3 is 0 Å². The number of hydrogen-bond acceptors (Lipinski definition) is 4. The zero-order valence-corrected chi connectivity index (χ0v) is 24.8. The van der Waals surface area contributed by atoms with Gasteiger partial charge in [-0.05, 0) is 72.1 Å². The summed E-state index contributed by atoms with van der Waals surface area (Å²) in [4.78, 5) is 28.8. The first-order valence-corrected chi connectivity index (χ1v) is 15.0. The third-order valence-corrected chi connectivity index (χ3v) is 8.79. The number of benzene rings is 4. The number of rotatable bonds is 11. The Kier molecular flexibility index (Phi) is 9.98. The molecule has 0 bridgehead atoms. The van der Waals surface area contributed by atoms with Gasteiger partial charge in [0, 0.05) is 25.0 Å². The molecule has 0 spiro atoms. The van der Waals surface area contributed by atoms with Crippen molar-refractivity contribution in [1.29, 1.82) is 0 Å². The number of aryl methyl sites for hydroxylation is 1. The van der Waals surface area contributed by atoms with Crippen molar-refractivity contribution in [2.45, 2.75) is 30.8 Å². The molecular formula is C32H31ClFN3O4S. The summed E-state index contributed by atoms with van der Waals surface area (Å²) in [5.74, 6) is -1.47. The number of nitrogens with one attached hydrogen (secondary N) is 1. The number of halogens is 2. The maximum atomic E-state index is 14.2. The van der Waals surface area contributed by atoms with Crippen molar-refractivity contribution in [1.82, 2.24) is 10.2 Å². The van der Waals surface area contributed by atoms with E-state index >= 15 is 0 Å². The average molecular weight is 608 g/mol. The highest BCUT2D eigenvalue weighted by molar-refractivity contribution is 7.92. The number of carbonyl (C=O) groups excluding carboxylic acids is 2. The van der Waals surface area contributed by atoms with E-state index in [1.165, 1.54) is 60.5 Å². The normalized spacial score (nSPS) is 11.9. The molecule has 4 aromatic carbocycles. The van der Waals surface area contributed by atoms with Crippen LogP contribution in [0.15, 0.2) is 108 Å². The highest BCUT2D eigenvalue weighted by atomic mass is 35.5. The lowest BCUT2D eigenvalue weighted by molar-refractivity contribution is -0.139. The fourth-order valence-electron chi connectivity index (χ4n) is 4.55. The van der Waals surface area contributed by atoms with Gasteiger partial charge in [-0.25, -0.2) is 12.8 Å². The summed E-state index contributed by atoms with van der Waals surface area (Å²) in [7, 11) is -2.75. The van der Waals surface area contributed by atoms with E-state index in [9.17, 15) is 22.4 Å². The van der Waals surface area contributed by atoms with Gasteiger partial charge in [0.1, 0.15) is 18.4 Å². The summed E-state index contributed by atoms with van der Waals surface area (Å²) in [6.07, 6.45) is 0.182. The van der Waals surface area contributed by atoms with Gasteiger partial charge < -0.3 is 10.2 Å². The molecule has 4 aromatic rings. The minimum atomic E-state index is -4.23. The lowest BCUT2D eigenvalue weighted by Gasteiger charge is -2.33. The van der Waals surface area contributed by atoms with Crippen LogP contribution < -0.4 is 9.62 Å². The van der Waals surface area contributed by atoms with E-state index in [1.807, 2.05) is 43.3 Å². The largest absolute Gasteiger partial charge is 0.357 e. The van der Waals surface area contributed by atoms with Gasteiger partial charge in [0.2, 0.25) is 11.8 Å². The standard InChI is InChI=1S/C32H31ClFN3O4S/c1-23-7-6-10-28(19-23)37(42(40,41)29-17-13-26(33)14-18-29)22-31(38)36(21-25-11-15-27(34)16-12-25)30(32(39)35-2)20-24-8-4-3-5-9-24/h3-19,30H,20-22H2,1-2H3,(H,35,39)/t30-/m1/s1. The molecule has 1 N–H and O–H groups in total.